The number of nitrogens with one attached hydrogen (secondary N) is 1. The summed E-state index contributed by atoms with van der Waals surface area (Å²) in [5, 5.41) is 0.517. The summed E-state index contributed by atoms with van der Waals surface area (Å²) in [5.41, 5.74) is 3.58. The van der Waals surface area contributed by atoms with Gasteiger partial charge < -0.3 is 0 Å². The molecule has 5 rings (SSSR count). The highest BCUT2D eigenvalue weighted by Gasteiger charge is 2.33. The summed E-state index contributed by atoms with van der Waals surface area (Å²) in [6.07, 6.45) is 0.181. The Kier molecular flexibility index (Phi) is 7.88. The Hall–Kier alpha value is -4.53. The number of carbonyl (C=O) groups is 3. The second-order valence-electron chi connectivity index (χ2n) is 9.38. The fourth-order valence-corrected chi connectivity index (χ4v) is 5.89. The number of amides is 2. The zero-order valence-electron chi connectivity index (χ0n) is 22.0. The number of rotatable bonds is 7. The molecule has 0 unspecified atom stereocenters. The minimum absolute atomic E-state index is 0.0408. The second kappa shape index (κ2) is 11.5. The smallest absolute Gasteiger partial charge is 0.264 e. The van der Waals surface area contributed by atoms with Crippen LogP contribution >= 0.6 is 11.6 Å². The third kappa shape index (κ3) is 5.70. The molecule has 0 saturated carbocycles. The van der Waals surface area contributed by atoms with Gasteiger partial charge in [0.05, 0.1) is 17.1 Å². The lowest BCUT2D eigenvalue weighted by Gasteiger charge is -2.33. The van der Waals surface area contributed by atoms with Crippen molar-refractivity contribution in [3.63, 3.8) is 0 Å². The second-order valence-corrected chi connectivity index (χ2v) is 11.5. The van der Waals surface area contributed by atoms with Crippen molar-refractivity contribution in [3.05, 3.63) is 142 Å². The molecule has 41 heavy (non-hydrogen) atoms. The highest BCUT2D eigenvalue weighted by Crippen LogP contribution is 2.39. The lowest BCUT2D eigenvalue weighted by molar-refractivity contribution is -0.116. The number of carbonyl (C=O) groups excluding carboxylic acids is 3. The van der Waals surface area contributed by atoms with Gasteiger partial charge in [0, 0.05) is 28.1 Å². The van der Waals surface area contributed by atoms with Crippen molar-refractivity contribution < 1.29 is 22.8 Å². The third-order valence-electron chi connectivity index (χ3n) is 6.74. The van der Waals surface area contributed by atoms with Crippen LogP contribution in [-0.2, 0) is 21.4 Å². The van der Waals surface area contributed by atoms with E-state index >= 15 is 0 Å². The van der Waals surface area contributed by atoms with Gasteiger partial charge in [-0.25, -0.2) is 13.1 Å². The van der Waals surface area contributed by atoms with E-state index in [9.17, 15) is 22.8 Å². The van der Waals surface area contributed by atoms with E-state index in [1.165, 1.54) is 41.3 Å². The molecular formula is C32H25ClN2O5S. The van der Waals surface area contributed by atoms with Crippen LogP contribution in [0.5, 0.6) is 0 Å². The molecule has 1 N–H and O–H groups in total. The summed E-state index contributed by atoms with van der Waals surface area (Å²) >= 11 is 6.34. The number of ketones is 1. The standard InChI is InChI=1S/C32H25ClN2O5S/c1-2-28(36)30-29(21-9-5-3-6-10-21)27-19-25(33)18-17-24(27)20-35(30)32(38)23-15-13-22(14-16-23)31(37)34-41(39,40)26-11-7-4-8-12-26/h3-19H,2,20H2,1H3,(H,34,37). The molecule has 0 atom stereocenters. The van der Waals surface area contributed by atoms with E-state index in [4.69, 9.17) is 11.6 Å². The minimum Gasteiger partial charge on any atom is -0.300 e. The first kappa shape index (κ1) is 28.0. The molecular weight excluding hydrogens is 560 g/mol. The van der Waals surface area contributed by atoms with Gasteiger partial charge in [0.1, 0.15) is 0 Å². The molecule has 206 valence electrons. The predicted octanol–water partition coefficient (Wildman–Crippen LogP) is 5.85. The zero-order chi connectivity index (χ0) is 29.1. The molecule has 1 aliphatic rings. The van der Waals surface area contributed by atoms with Gasteiger partial charge in [-0.05, 0) is 65.2 Å². The maximum absolute atomic E-state index is 13.9. The fraction of sp³-hybridized carbons (Fsp3) is 0.0938. The van der Waals surface area contributed by atoms with Crippen LogP contribution in [0.25, 0.3) is 5.57 Å². The highest BCUT2D eigenvalue weighted by molar-refractivity contribution is 7.90. The van der Waals surface area contributed by atoms with Crippen molar-refractivity contribution in [2.75, 3.05) is 0 Å². The third-order valence-corrected chi connectivity index (χ3v) is 8.33. The van der Waals surface area contributed by atoms with E-state index in [0.29, 0.717) is 10.6 Å². The molecule has 9 heteroatoms. The number of fused-ring (bicyclic) bond motifs is 1. The highest BCUT2D eigenvalue weighted by atomic mass is 35.5. The first-order valence-corrected chi connectivity index (χ1v) is 14.7. The lowest BCUT2D eigenvalue weighted by atomic mass is 9.86. The molecule has 0 saturated heterocycles. The summed E-state index contributed by atoms with van der Waals surface area (Å²) in [6.45, 7) is 1.89. The SMILES string of the molecule is CCC(=O)C1=C(c2ccccc2)c2cc(Cl)ccc2CN1C(=O)c1ccc(C(=O)NS(=O)(=O)c2ccccc2)cc1. The van der Waals surface area contributed by atoms with Crippen LogP contribution < -0.4 is 4.72 Å². The molecule has 0 aliphatic carbocycles. The number of nitrogens with zero attached hydrogens (tertiary/aromatic N) is 1. The minimum atomic E-state index is -4.06. The molecule has 0 aromatic heterocycles. The van der Waals surface area contributed by atoms with E-state index in [1.54, 1.807) is 37.3 Å². The molecule has 7 nitrogen and oxygen atoms in total. The molecule has 2 amide bonds. The average molecular weight is 585 g/mol. The van der Waals surface area contributed by atoms with Crippen molar-refractivity contribution in [3.8, 4) is 0 Å². The van der Waals surface area contributed by atoms with Crippen LogP contribution in [0.15, 0.2) is 114 Å². The summed E-state index contributed by atoms with van der Waals surface area (Å²) in [7, 11) is -4.06. The van der Waals surface area contributed by atoms with E-state index in [0.717, 1.165) is 16.7 Å². The fourth-order valence-electron chi connectivity index (χ4n) is 4.72. The van der Waals surface area contributed by atoms with Gasteiger partial charge in [0.2, 0.25) is 0 Å². The van der Waals surface area contributed by atoms with Crippen molar-refractivity contribution in [1.29, 1.82) is 0 Å². The van der Waals surface area contributed by atoms with Gasteiger partial charge in [0.25, 0.3) is 21.8 Å². The average Bonchev–Trinajstić information content (AvgIpc) is 3.00. The first-order valence-electron chi connectivity index (χ1n) is 12.9. The summed E-state index contributed by atoms with van der Waals surface area (Å²) in [5.74, 6) is -1.46. The first-order chi connectivity index (χ1) is 19.7. The van der Waals surface area contributed by atoms with Crippen LogP contribution in [0.1, 0.15) is 50.8 Å². The van der Waals surface area contributed by atoms with Gasteiger partial charge in [-0.2, -0.15) is 0 Å². The zero-order valence-corrected chi connectivity index (χ0v) is 23.6. The van der Waals surface area contributed by atoms with Gasteiger partial charge in [-0.3, -0.25) is 19.3 Å². The summed E-state index contributed by atoms with van der Waals surface area (Å²) in [4.78, 5) is 41.4. The number of benzene rings is 4. The lowest BCUT2D eigenvalue weighted by Crippen LogP contribution is -2.37. The number of hydrogen-bond donors (Lipinski definition) is 1. The Morgan fingerprint density at radius 3 is 2.07 bits per heavy atom. The van der Waals surface area contributed by atoms with Crippen LogP contribution in [-0.4, -0.2) is 30.9 Å². The van der Waals surface area contributed by atoms with Gasteiger partial charge in [0.15, 0.2) is 5.78 Å². The van der Waals surface area contributed by atoms with E-state index in [1.807, 2.05) is 41.1 Å². The quantitative estimate of drug-likeness (QED) is 0.293. The van der Waals surface area contributed by atoms with E-state index < -0.39 is 21.8 Å². The van der Waals surface area contributed by atoms with Gasteiger partial charge >= 0.3 is 0 Å². The topological polar surface area (TPSA) is 101 Å². The summed E-state index contributed by atoms with van der Waals surface area (Å²) < 4.78 is 27.2. The number of Topliss-reactive ketones (excluding diaryl/α,β-unsaturated/α-hetero) is 1. The van der Waals surface area contributed by atoms with Crippen molar-refractivity contribution >= 4 is 44.8 Å². The maximum atomic E-state index is 13.9. The molecule has 0 spiro atoms. The Labute approximate surface area is 243 Å². The van der Waals surface area contributed by atoms with E-state index in [2.05, 4.69) is 0 Å². The number of sulfonamides is 1. The molecule has 4 aromatic rings. The Balaban J connectivity index is 1.50. The number of allylic oxidation sites excluding steroid dienone is 1. The summed E-state index contributed by atoms with van der Waals surface area (Å²) in [6, 6.07) is 28.0. The van der Waals surface area contributed by atoms with Crippen molar-refractivity contribution in [2.24, 2.45) is 0 Å². The molecule has 1 aliphatic heterocycles. The van der Waals surface area contributed by atoms with Crippen LogP contribution in [0, 0.1) is 0 Å². The molecule has 4 aromatic carbocycles. The molecule has 0 bridgehead atoms. The van der Waals surface area contributed by atoms with Crippen molar-refractivity contribution in [1.82, 2.24) is 9.62 Å². The molecule has 0 radical (unpaired) electrons. The van der Waals surface area contributed by atoms with Crippen LogP contribution in [0.4, 0.5) is 0 Å². The predicted molar refractivity (Wildman–Crippen MR) is 157 cm³/mol. The van der Waals surface area contributed by atoms with Crippen LogP contribution in [0.3, 0.4) is 0 Å². The Bertz CT molecular complexity index is 1790. The largest absolute Gasteiger partial charge is 0.300 e. The monoisotopic (exact) mass is 584 g/mol. The number of halogens is 1. The number of hydrogen-bond acceptors (Lipinski definition) is 5. The normalized spacial score (nSPS) is 13.0. The van der Waals surface area contributed by atoms with E-state index in [-0.39, 0.29) is 40.5 Å². The van der Waals surface area contributed by atoms with Gasteiger partial charge in [-0.1, -0.05) is 73.1 Å². The molecule has 0 fully saturated rings. The Morgan fingerprint density at radius 2 is 1.44 bits per heavy atom. The van der Waals surface area contributed by atoms with Crippen LogP contribution in [0.2, 0.25) is 5.02 Å². The van der Waals surface area contributed by atoms with Crippen molar-refractivity contribution in [2.45, 2.75) is 24.8 Å². The van der Waals surface area contributed by atoms with Gasteiger partial charge in [-0.15, -0.1) is 0 Å². The maximum Gasteiger partial charge on any atom is 0.264 e. The molecule has 1 heterocycles. The Morgan fingerprint density at radius 1 is 0.829 bits per heavy atom.